The van der Waals surface area contributed by atoms with Gasteiger partial charge in [-0.15, -0.1) is 0 Å². The number of pyridine rings is 2. The molecule has 42 heavy (non-hydrogen) atoms. The summed E-state index contributed by atoms with van der Waals surface area (Å²) < 4.78 is 3.63. The van der Waals surface area contributed by atoms with E-state index < -0.39 is 0 Å². The molecule has 222 valence electrons. The third-order valence-electron chi connectivity index (χ3n) is 7.64. The number of hydrogen-bond donors (Lipinski definition) is 2. The Morgan fingerprint density at radius 3 is 2.31 bits per heavy atom. The fourth-order valence-corrected chi connectivity index (χ4v) is 5.58. The lowest BCUT2D eigenvalue weighted by Crippen LogP contribution is -2.41. The fourth-order valence-electron chi connectivity index (χ4n) is 5.58. The maximum atomic E-state index is 5.96. The Hall–Kier alpha value is -4.08. The van der Waals surface area contributed by atoms with E-state index >= 15 is 0 Å². The lowest BCUT2D eigenvalue weighted by atomic mass is 10.0. The van der Waals surface area contributed by atoms with Crippen LogP contribution >= 0.6 is 0 Å². The van der Waals surface area contributed by atoms with Crippen molar-refractivity contribution in [1.82, 2.24) is 34.2 Å². The molecular weight excluding hydrogens is 522 g/mol. The molecule has 9 heteroatoms. The molecular formula is C33H45N9. The summed E-state index contributed by atoms with van der Waals surface area (Å²) >= 11 is 0. The summed E-state index contributed by atoms with van der Waals surface area (Å²) in [5.74, 6) is 1.94. The van der Waals surface area contributed by atoms with E-state index in [4.69, 9.17) is 11.5 Å². The standard InChI is InChI=1S/C15H13N7.C14H20N2.2C2H6/c1-21-14(10-4-2-7-17-13(10)16)19-11-5-6-12(20-15(11)21)22-9-3-8-18-22;15-12-7-9-16(10-8-12)14-6-5-11-3-1-2-4-13(11)14;2*1-2/h2-9H,1H3,(H2,16,17);1-4,12,14H,5-10,15H2;2*1-2H3. The Labute approximate surface area is 249 Å². The molecule has 9 nitrogen and oxygen atoms in total. The third-order valence-corrected chi connectivity index (χ3v) is 7.64. The van der Waals surface area contributed by atoms with Crippen LogP contribution in [0.4, 0.5) is 5.82 Å². The zero-order valence-electron chi connectivity index (χ0n) is 25.6. The Morgan fingerprint density at radius 1 is 0.833 bits per heavy atom. The van der Waals surface area contributed by atoms with Crippen molar-refractivity contribution in [2.45, 2.75) is 65.5 Å². The van der Waals surface area contributed by atoms with Crippen molar-refractivity contribution in [2.75, 3.05) is 18.8 Å². The molecule has 5 aromatic rings. The van der Waals surface area contributed by atoms with Crippen LogP contribution in [0.25, 0.3) is 28.4 Å². The van der Waals surface area contributed by atoms with Crippen LogP contribution in [0.3, 0.4) is 0 Å². The highest BCUT2D eigenvalue weighted by Gasteiger charge is 2.29. The molecule has 1 atom stereocenters. The molecule has 1 saturated heterocycles. The molecule has 1 aromatic carbocycles. The number of rotatable bonds is 3. The van der Waals surface area contributed by atoms with E-state index in [1.165, 1.54) is 38.8 Å². The van der Waals surface area contributed by atoms with Gasteiger partial charge in [-0.2, -0.15) is 5.10 Å². The van der Waals surface area contributed by atoms with E-state index in [0.717, 1.165) is 28.4 Å². The number of anilines is 1. The second-order valence-electron chi connectivity index (χ2n) is 10.0. The summed E-state index contributed by atoms with van der Waals surface area (Å²) in [5, 5.41) is 4.20. The summed E-state index contributed by atoms with van der Waals surface area (Å²) in [6.07, 6.45) is 10.1. The monoisotopic (exact) mass is 567 g/mol. The van der Waals surface area contributed by atoms with E-state index in [2.05, 4.69) is 49.2 Å². The number of aryl methyl sites for hydroxylation is 2. The second-order valence-corrected chi connectivity index (χ2v) is 10.0. The lowest BCUT2D eigenvalue weighted by molar-refractivity contribution is 0.153. The topological polar surface area (TPSA) is 117 Å². The summed E-state index contributed by atoms with van der Waals surface area (Å²) in [6.45, 7) is 10.4. The first-order valence-corrected chi connectivity index (χ1v) is 15.2. The van der Waals surface area contributed by atoms with Crippen LogP contribution in [0.5, 0.6) is 0 Å². The van der Waals surface area contributed by atoms with Crippen LogP contribution < -0.4 is 11.5 Å². The van der Waals surface area contributed by atoms with Gasteiger partial charge in [0.2, 0.25) is 0 Å². The molecule has 7 rings (SSSR count). The molecule has 0 spiro atoms. The molecule has 0 radical (unpaired) electrons. The molecule has 0 saturated carbocycles. The van der Waals surface area contributed by atoms with Crippen molar-refractivity contribution in [3.05, 3.63) is 84.3 Å². The number of nitrogen functional groups attached to an aromatic ring is 1. The maximum absolute atomic E-state index is 5.96. The van der Waals surface area contributed by atoms with Crippen LogP contribution in [0.1, 0.15) is 64.1 Å². The molecule has 1 unspecified atom stereocenters. The van der Waals surface area contributed by atoms with Gasteiger partial charge in [0.1, 0.15) is 17.2 Å². The van der Waals surface area contributed by atoms with E-state index in [1.807, 2.05) is 75.8 Å². The number of aromatic nitrogens is 6. The predicted molar refractivity (Wildman–Crippen MR) is 172 cm³/mol. The van der Waals surface area contributed by atoms with Gasteiger partial charge in [-0.3, -0.25) is 4.90 Å². The van der Waals surface area contributed by atoms with Gasteiger partial charge in [0.25, 0.3) is 0 Å². The van der Waals surface area contributed by atoms with Gasteiger partial charge in [-0.05, 0) is 67.1 Å². The third kappa shape index (κ3) is 6.69. The molecule has 1 fully saturated rings. The van der Waals surface area contributed by atoms with Crippen molar-refractivity contribution < 1.29 is 0 Å². The van der Waals surface area contributed by atoms with Crippen molar-refractivity contribution >= 4 is 17.0 Å². The molecule has 4 N–H and O–H groups in total. The average molecular weight is 568 g/mol. The van der Waals surface area contributed by atoms with E-state index in [0.29, 0.717) is 17.9 Å². The zero-order valence-corrected chi connectivity index (χ0v) is 25.6. The molecule has 0 amide bonds. The van der Waals surface area contributed by atoms with Crippen molar-refractivity contribution in [2.24, 2.45) is 12.8 Å². The molecule has 1 aliphatic carbocycles. The van der Waals surface area contributed by atoms with Gasteiger partial charge >= 0.3 is 0 Å². The minimum atomic E-state index is 0.438. The van der Waals surface area contributed by atoms with Crippen molar-refractivity contribution in [1.29, 1.82) is 0 Å². The minimum Gasteiger partial charge on any atom is -0.383 e. The number of nitrogens with zero attached hydrogens (tertiary/aromatic N) is 7. The van der Waals surface area contributed by atoms with Crippen LogP contribution in [0.15, 0.2) is 73.2 Å². The largest absolute Gasteiger partial charge is 0.383 e. The van der Waals surface area contributed by atoms with Gasteiger partial charge in [0, 0.05) is 50.8 Å². The number of fused-ring (bicyclic) bond motifs is 2. The number of imidazole rings is 1. The number of benzene rings is 1. The highest BCUT2D eigenvalue weighted by atomic mass is 15.3. The average Bonchev–Trinajstić information content (AvgIpc) is 3.80. The summed E-state index contributed by atoms with van der Waals surface area (Å²) in [7, 11) is 1.91. The first kappa shape index (κ1) is 30.9. The van der Waals surface area contributed by atoms with Gasteiger partial charge < -0.3 is 16.0 Å². The summed E-state index contributed by atoms with van der Waals surface area (Å²) in [5.41, 5.74) is 17.4. The van der Waals surface area contributed by atoms with Crippen LogP contribution in [-0.2, 0) is 13.5 Å². The van der Waals surface area contributed by atoms with Crippen molar-refractivity contribution in [3.63, 3.8) is 0 Å². The quantitative estimate of drug-likeness (QED) is 0.277. The Morgan fingerprint density at radius 2 is 1.60 bits per heavy atom. The molecule has 0 bridgehead atoms. The number of hydrogen-bond acceptors (Lipinski definition) is 7. The predicted octanol–water partition coefficient (Wildman–Crippen LogP) is 5.95. The normalized spacial score (nSPS) is 16.4. The minimum absolute atomic E-state index is 0.438. The number of piperidine rings is 1. The first-order valence-electron chi connectivity index (χ1n) is 15.2. The van der Waals surface area contributed by atoms with Gasteiger partial charge in [-0.25, -0.2) is 19.6 Å². The Kier molecular flexibility index (Phi) is 10.8. The van der Waals surface area contributed by atoms with Gasteiger partial charge in [0.05, 0.1) is 5.56 Å². The first-order chi connectivity index (χ1) is 20.6. The van der Waals surface area contributed by atoms with Gasteiger partial charge in [-0.1, -0.05) is 52.0 Å². The smallest absolute Gasteiger partial charge is 0.162 e. The Balaban J connectivity index is 0.000000179. The molecule has 5 heterocycles. The maximum Gasteiger partial charge on any atom is 0.162 e. The highest BCUT2D eigenvalue weighted by molar-refractivity contribution is 5.80. The number of nitrogens with two attached hydrogens (primary N) is 2. The second kappa shape index (κ2) is 14.7. The van der Waals surface area contributed by atoms with Crippen LogP contribution in [0.2, 0.25) is 0 Å². The van der Waals surface area contributed by atoms with E-state index in [-0.39, 0.29) is 0 Å². The van der Waals surface area contributed by atoms with Crippen LogP contribution in [-0.4, -0.2) is 53.3 Å². The molecule has 4 aromatic heterocycles. The van der Waals surface area contributed by atoms with Crippen LogP contribution in [0, 0.1) is 0 Å². The summed E-state index contributed by atoms with van der Waals surface area (Å²) in [6, 6.07) is 19.4. The number of likely N-dealkylation sites (tertiary alicyclic amines) is 1. The summed E-state index contributed by atoms with van der Waals surface area (Å²) in [4.78, 5) is 16.0. The van der Waals surface area contributed by atoms with Gasteiger partial charge in [0.15, 0.2) is 11.5 Å². The van der Waals surface area contributed by atoms with Crippen molar-refractivity contribution in [3.8, 4) is 17.2 Å². The lowest BCUT2D eigenvalue weighted by Gasteiger charge is -2.35. The molecule has 2 aliphatic rings. The molecule has 1 aliphatic heterocycles. The zero-order chi connectivity index (χ0) is 30.1. The SMILES string of the molecule is CC.CC.Cn1c(-c2cccnc2N)nc2ccc(-n3cccn3)nc21.NC1CCN(C2CCc3ccccc32)CC1. The Bertz CT molecular complexity index is 1530. The fraction of sp³-hybridized carbons (Fsp3) is 0.394. The van der Waals surface area contributed by atoms with E-state index in [1.54, 1.807) is 28.2 Å². The van der Waals surface area contributed by atoms with E-state index in [9.17, 15) is 0 Å². The highest BCUT2D eigenvalue weighted by Crippen LogP contribution is 2.36.